The fourth-order valence-corrected chi connectivity index (χ4v) is 2.63. The average Bonchev–Trinajstić information content (AvgIpc) is 2.87. The predicted octanol–water partition coefficient (Wildman–Crippen LogP) is 3.13. The molecule has 0 aromatic carbocycles. The number of thiophene rings is 1. The number of rotatable bonds is 5. The Kier molecular flexibility index (Phi) is 4.37. The smallest absolute Gasteiger partial charge is 0.293 e. The molecular formula is C14H19N3OS. The summed E-state index contributed by atoms with van der Waals surface area (Å²) in [6.45, 7) is 6.93. The monoisotopic (exact) mass is 277 g/mol. The highest BCUT2D eigenvalue weighted by atomic mass is 32.1. The molecule has 2 heterocycles. The van der Waals surface area contributed by atoms with Gasteiger partial charge in [-0.2, -0.15) is 0 Å². The lowest BCUT2D eigenvalue weighted by atomic mass is 10.2. The molecular weight excluding hydrogens is 258 g/mol. The van der Waals surface area contributed by atoms with Crippen molar-refractivity contribution in [2.45, 2.75) is 33.4 Å². The molecule has 2 rings (SSSR count). The molecule has 102 valence electrons. The summed E-state index contributed by atoms with van der Waals surface area (Å²) in [5.74, 6) is 0.853. The van der Waals surface area contributed by atoms with E-state index >= 15 is 0 Å². The van der Waals surface area contributed by atoms with Crippen LogP contribution in [0, 0.1) is 5.92 Å². The molecule has 1 N–H and O–H groups in total. The molecule has 0 aliphatic carbocycles. The largest absolute Gasteiger partial charge is 0.358 e. The van der Waals surface area contributed by atoms with Crippen LogP contribution >= 0.6 is 11.3 Å². The molecule has 0 amide bonds. The van der Waals surface area contributed by atoms with Gasteiger partial charge in [0.25, 0.3) is 5.56 Å². The zero-order valence-electron chi connectivity index (χ0n) is 11.5. The minimum Gasteiger partial charge on any atom is -0.358 e. The molecule has 19 heavy (non-hydrogen) atoms. The van der Waals surface area contributed by atoms with Crippen molar-refractivity contribution in [3.05, 3.63) is 45.1 Å². The third-order valence-corrected chi connectivity index (χ3v) is 3.85. The maximum atomic E-state index is 12.3. The van der Waals surface area contributed by atoms with Gasteiger partial charge in [0.2, 0.25) is 0 Å². The highest BCUT2D eigenvalue weighted by Crippen LogP contribution is 2.20. The molecule has 0 fully saturated rings. The van der Waals surface area contributed by atoms with Crippen molar-refractivity contribution in [1.29, 1.82) is 0 Å². The van der Waals surface area contributed by atoms with E-state index < -0.39 is 0 Å². The van der Waals surface area contributed by atoms with E-state index in [1.165, 1.54) is 4.88 Å². The Bertz CT molecular complexity index is 575. The first-order chi connectivity index (χ1) is 9.08. The van der Waals surface area contributed by atoms with E-state index in [4.69, 9.17) is 0 Å². The molecule has 2 aromatic rings. The van der Waals surface area contributed by atoms with E-state index in [9.17, 15) is 4.79 Å². The quantitative estimate of drug-likeness (QED) is 0.913. The summed E-state index contributed by atoms with van der Waals surface area (Å²) in [6, 6.07) is 4.15. The number of hydrogen-bond donors (Lipinski definition) is 1. The van der Waals surface area contributed by atoms with Crippen LogP contribution in [0.4, 0.5) is 5.82 Å². The second-order valence-electron chi connectivity index (χ2n) is 5.01. The lowest BCUT2D eigenvalue weighted by Gasteiger charge is -2.14. The molecule has 0 aliphatic rings. The molecule has 0 spiro atoms. The van der Waals surface area contributed by atoms with Crippen LogP contribution in [-0.2, 0) is 6.54 Å². The second-order valence-corrected chi connectivity index (χ2v) is 5.99. The Morgan fingerprint density at radius 3 is 2.84 bits per heavy atom. The first-order valence-electron chi connectivity index (χ1n) is 6.43. The second kappa shape index (κ2) is 6.02. The molecule has 1 atom stereocenters. The van der Waals surface area contributed by atoms with Gasteiger partial charge >= 0.3 is 0 Å². The summed E-state index contributed by atoms with van der Waals surface area (Å²) in [7, 11) is 0. The summed E-state index contributed by atoms with van der Waals surface area (Å²) in [6.07, 6.45) is 3.41. The number of hydrogen-bond acceptors (Lipinski definition) is 4. The highest BCUT2D eigenvalue weighted by Gasteiger charge is 2.11. The molecule has 4 nitrogen and oxygen atoms in total. The van der Waals surface area contributed by atoms with Crippen LogP contribution in [0.3, 0.4) is 0 Å². The van der Waals surface area contributed by atoms with Crippen LogP contribution in [-0.4, -0.2) is 9.55 Å². The van der Waals surface area contributed by atoms with Crippen molar-refractivity contribution >= 4 is 17.2 Å². The van der Waals surface area contributed by atoms with Crippen molar-refractivity contribution in [2.24, 2.45) is 5.92 Å². The van der Waals surface area contributed by atoms with Gasteiger partial charge in [-0.15, -0.1) is 11.3 Å². The van der Waals surface area contributed by atoms with Gasteiger partial charge in [-0.05, 0) is 24.3 Å². The van der Waals surface area contributed by atoms with Crippen LogP contribution in [0.15, 0.2) is 34.7 Å². The number of aromatic nitrogens is 2. The van der Waals surface area contributed by atoms with E-state index in [0.29, 0.717) is 18.3 Å². The van der Waals surface area contributed by atoms with Crippen molar-refractivity contribution in [3.63, 3.8) is 0 Å². The fraction of sp³-hybridized carbons (Fsp3) is 0.429. The van der Waals surface area contributed by atoms with Crippen molar-refractivity contribution in [3.8, 4) is 0 Å². The van der Waals surface area contributed by atoms with Gasteiger partial charge in [-0.25, -0.2) is 4.98 Å². The molecule has 1 unspecified atom stereocenters. The van der Waals surface area contributed by atoms with Crippen LogP contribution < -0.4 is 10.9 Å². The zero-order chi connectivity index (χ0) is 13.8. The summed E-state index contributed by atoms with van der Waals surface area (Å²) in [5, 5.41) is 5.22. The Morgan fingerprint density at radius 2 is 2.21 bits per heavy atom. The molecule has 0 saturated heterocycles. The topological polar surface area (TPSA) is 46.9 Å². The predicted molar refractivity (Wildman–Crippen MR) is 79.7 cm³/mol. The van der Waals surface area contributed by atoms with Gasteiger partial charge in [-0.1, -0.05) is 19.9 Å². The van der Waals surface area contributed by atoms with E-state index in [0.717, 1.165) is 0 Å². The number of nitrogens with zero attached hydrogens (tertiary/aromatic N) is 2. The Morgan fingerprint density at radius 1 is 1.42 bits per heavy atom. The first kappa shape index (κ1) is 13.8. The summed E-state index contributed by atoms with van der Waals surface area (Å²) in [4.78, 5) is 17.6. The minimum absolute atomic E-state index is 0.0559. The average molecular weight is 277 g/mol. The third-order valence-electron chi connectivity index (χ3n) is 2.80. The summed E-state index contributed by atoms with van der Waals surface area (Å²) in [5.41, 5.74) is -0.0559. The summed E-state index contributed by atoms with van der Waals surface area (Å²) < 4.78 is 1.71. The lowest BCUT2D eigenvalue weighted by molar-refractivity contribution is 0.509. The molecule has 2 aromatic heterocycles. The molecule has 0 saturated carbocycles. The maximum Gasteiger partial charge on any atom is 0.293 e. The van der Waals surface area contributed by atoms with Gasteiger partial charge in [0.1, 0.15) is 0 Å². The van der Waals surface area contributed by atoms with Crippen LogP contribution in [0.5, 0.6) is 0 Å². The lowest BCUT2D eigenvalue weighted by Crippen LogP contribution is -2.26. The van der Waals surface area contributed by atoms with Gasteiger partial charge < -0.3 is 9.88 Å². The van der Waals surface area contributed by atoms with Crippen molar-refractivity contribution in [1.82, 2.24) is 9.55 Å². The van der Waals surface area contributed by atoms with Crippen LogP contribution in [0.25, 0.3) is 0 Å². The van der Waals surface area contributed by atoms with Gasteiger partial charge in [0.05, 0.1) is 6.04 Å². The standard InChI is InChI=1S/C14H19N3OS/c1-10(2)9-17-7-6-15-13(14(17)18)16-11(3)12-5-4-8-19-12/h4-8,10-11H,9H2,1-3H3,(H,15,16). The molecule has 0 aliphatic heterocycles. The molecule has 0 bridgehead atoms. The molecule has 0 radical (unpaired) electrons. The fourth-order valence-electron chi connectivity index (χ4n) is 1.90. The van der Waals surface area contributed by atoms with Gasteiger partial charge in [0.15, 0.2) is 5.82 Å². The highest BCUT2D eigenvalue weighted by molar-refractivity contribution is 7.10. The Balaban J connectivity index is 2.19. The first-order valence-corrected chi connectivity index (χ1v) is 7.31. The number of anilines is 1. The Labute approximate surface area is 117 Å². The van der Waals surface area contributed by atoms with Crippen LogP contribution in [0.1, 0.15) is 31.7 Å². The maximum absolute atomic E-state index is 12.3. The zero-order valence-corrected chi connectivity index (χ0v) is 12.3. The minimum atomic E-state index is -0.0559. The van der Waals surface area contributed by atoms with Gasteiger partial charge in [0, 0.05) is 23.8 Å². The van der Waals surface area contributed by atoms with E-state index in [1.807, 2.05) is 18.4 Å². The number of nitrogens with one attached hydrogen (secondary N) is 1. The summed E-state index contributed by atoms with van der Waals surface area (Å²) >= 11 is 1.67. The van der Waals surface area contributed by atoms with Crippen molar-refractivity contribution < 1.29 is 0 Å². The normalized spacial score (nSPS) is 12.6. The third kappa shape index (κ3) is 3.44. The van der Waals surface area contributed by atoms with Crippen molar-refractivity contribution in [2.75, 3.05) is 5.32 Å². The van der Waals surface area contributed by atoms with E-state index in [2.05, 4.69) is 30.2 Å². The molecule has 5 heteroatoms. The van der Waals surface area contributed by atoms with Gasteiger partial charge in [-0.3, -0.25) is 4.79 Å². The Hall–Kier alpha value is -1.62. The van der Waals surface area contributed by atoms with E-state index in [-0.39, 0.29) is 11.6 Å². The van der Waals surface area contributed by atoms with E-state index in [1.54, 1.807) is 28.3 Å². The SMILES string of the molecule is CC(C)Cn1ccnc(NC(C)c2cccs2)c1=O. The van der Waals surface area contributed by atoms with Crippen LogP contribution in [0.2, 0.25) is 0 Å².